The van der Waals surface area contributed by atoms with Crippen LogP contribution in [0.3, 0.4) is 0 Å². The van der Waals surface area contributed by atoms with Crippen LogP contribution in [0.4, 0.5) is 5.69 Å². The SMILES string of the molecule is CCN1CCN(c2ccc(Cl)cc2CN)CC1. The molecule has 0 spiro atoms. The summed E-state index contributed by atoms with van der Waals surface area (Å²) in [4.78, 5) is 4.87. The molecule has 17 heavy (non-hydrogen) atoms. The minimum Gasteiger partial charge on any atom is -0.369 e. The number of piperazine rings is 1. The van der Waals surface area contributed by atoms with Gasteiger partial charge in [0.15, 0.2) is 0 Å². The zero-order chi connectivity index (χ0) is 12.3. The summed E-state index contributed by atoms with van der Waals surface area (Å²) in [5, 5.41) is 0.765. The summed E-state index contributed by atoms with van der Waals surface area (Å²) >= 11 is 6.00. The second-order valence-electron chi connectivity index (χ2n) is 4.40. The van der Waals surface area contributed by atoms with Gasteiger partial charge in [-0.2, -0.15) is 0 Å². The molecule has 1 aliphatic rings. The van der Waals surface area contributed by atoms with Crippen LogP contribution in [0.1, 0.15) is 12.5 Å². The van der Waals surface area contributed by atoms with Gasteiger partial charge >= 0.3 is 0 Å². The quantitative estimate of drug-likeness (QED) is 0.894. The van der Waals surface area contributed by atoms with Crippen LogP contribution in [0.15, 0.2) is 18.2 Å². The molecule has 0 aliphatic carbocycles. The van der Waals surface area contributed by atoms with Gasteiger partial charge in [0.05, 0.1) is 0 Å². The first-order valence-electron chi connectivity index (χ1n) is 6.20. The summed E-state index contributed by atoms with van der Waals surface area (Å²) in [6, 6.07) is 6.01. The molecular weight excluding hydrogens is 234 g/mol. The molecule has 1 heterocycles. The van der Waals surface area contributed by atoms with Crippen LogP contribution < -0.4 is 10.6 Å². The van der Waals surface area contributed by atoms with Crippen LogP contribution in [-0.4, -0.2) is 37.6 Å². The van der Waals surface area contributed by atoms with Crippen LogP contribution in [0.2, 0.25) is 5.02 Å². The summed E-state index contributed by atoms with van der Waals surface area (Å²) in [6.45, 7) is 8.29. The Labute approximate surface area is 108 Å². The first-order valence-corrected chi connectivity index (χ1v) is 6.58. The Morgan fingerprint density at radius 1 is 1.24 bits per heavy atom. The van der Waals surface area contributed by atoms with E-state index >= 15 is 0 Å². The highest BCUT2D eigenvalue weighted by Gasteiger charge is 2.17. The van der Waals surface area contributed by atoms with Gasteiger partial charge in [0.1, 0.15) is 0 Å². The first kappa shape index (κ1) is 12.7. The molecule has 0 amide bonds. The fourth-order valence-electron chi connectivity index (χ4n) is 2.33. The topological polar surface area (TPSA) is 32.5 Å². The molecule has 0 saturated carbocycles. The van der Waals surface area contributed by atoms with Crippen molar-refractivity contribution >= 4 is 17.3 Å². The molecule has 1 aromatic carbocycles. The third-order valence-corrected chi connectivity index (χ3v) is 3.66. The van der Waals surface area contributed by atoms with Crippen LogP contribution >= 0.6 is 11.6 Å². The Morgan fingerprint density at radius 2 is 1.94 bits per heavy atom. The highest BCUT2D eigenvalue weighted by Crippen LogP contribution is 2.25. The number of hydrogen-bond acceptors (Lipinski definition) is 3. The van der Waals surface area contributed by atoms with Crippen molar-refractivity contribution in [3.63, 3.8) is 0 Å². The van der Waals surface area contributed by atoms with E-state index in [1.54, 1.807) is 0 Å². The molecule has 3 nitrogen and oxygen atoms in total. The van der Waals surface area contributed by atoms with E-state index in [-0.39, 0.29) is 0 Å². The van der Waals surface area contributed by atoms with E-state index in [0.717, 1.165) is 43.3 Å². The Hall–Kier alpha value is -0.770. The standard InChI is InChI=1S/C13H20ClN3/c1-2-16-5-7-17(8-6-16)13-4-3-12(14)9-11(13)10-15/h3-4,9H,2,5-8,10,15H2,1H3. The molecule has 1 saturated heterocycles. The van der Waals surface area contributed by atoms with Crippen LogP contribution in [0.5, 0.6) is 0 Å². The number of hydrogen-bond donors (Lipinski definition) is 1. The summed E-state index contributed by atoms with van der Waals surface area (Å²) in [6.07, 6.45) is 0. The molecule has 0 unspecified atom stereocenters. The molecule has 2 N–H and O–H groups in total. The summed E-state index contributed by atoms with van der Waals surface area (Å²) in [7, 11) is 0. The maximum Gasteiger partial charge on any atom is 0.0413 e. The van der Waals surface area contributed by atoms with Crippen molar-refractivity contribution in [2.45, 2.75) is 13.5 Å². The van der Waals surface area contributed by atoms with E-state index in [2.05, 4.69) is 22.8 Å². The Kier molecular flexibility index (Phi) is 4.26. The molecule has 1 aliphatic heterocycles. The minimum atomic E-state index is 0.546. The number of nitrogens with zero attached hydrogens (tertiary/aromatic N) is 2. The number of halogens is 1. The molecular formula is C13H20ClN3. The molecule has 0 atom stereocenters. The first-order chi connectivity index (χ1) is 8.24. The lowest BCUT2D eigenvalue weighted by Crippen LogP contribution is -2.46. The molecule has 2 rings (SSSR count). The number of nitrogens with two attached hydrogens (primary N) is 1. The van der Waals surface area contributed by atoms with Gasteiger partial charge in [0.2, 0.25) is 0 Å². The van der Waals surface area contributed by atoms with Gasteiger partial charge in [0.25, 0.3) is 0 Å². The number of likely N-dealkylation sites (N-methyl/N-ethyl adjacent to an activating group) is 1. The predicted octanol–water partition coefficient (Wildman–Crippen LogP) is 1.94. The Balaban J connectivity index is 2.12. The van der Waals surface area contributed by atoms with E-state index in [4.69, 9.17) is 17.3 Å². The molecule has 0 bridgehead atoms. The van der Waals surface area contributed by atoms with E-state index < -0.39 is 0 Å². The van der Waals surface area contributed by atoms with E-state index in [1.807, 2.05) is 12.1 Å². The monoisotopic (exact) mass is 253 g/mol. The Morgan fingerprint density at radius 3 is 2.53 bits per heavy atom. The molecule has 1 aromatic rings. The maximum absolute atomic E-state index is 6.00. The predicted molar refractivity (Wildman–Crippen MR) is 73.7 cm³/mol. The maximum atomic E-state index is 6.00. The van der Waals surface area contributed by atoms with Crippen molar-refractivity contribution in [3.05, 3.63) is 28.8 Å². The van der Waals surface area contributed by atoms with Gasteiger partial charge in [-0.1, -0.05) is 18.5 Å². The van der Waals surface area contributed by atoms with Crippen molar-refractivity contribution in [3.8, 4) is 0 Å². The highest BCUT2D eigenvalue weighted by atomic mass is 35.5. The summed E-state index contributed by atoms with van der Waals surface area (Å²) < 4.78 is 0. The van der Waals surface area contributed by atoms with Gasteiger partial charge in [-0.25, -0.2) is 0 Å². The molecule has 1 fully saturated rings. The van der Waals surface area contributed by atoms with Crippen molar-refractivity contribution < 1.29 is 0 Å². The average Bonchev–Trinajstić information content (AvgIpc) is 2.39. The molecule has 94 valence electrons. The smallest absolute Gasteiger partial charge is 0.0413 e. The lowest BCUT2D eigenvalue weighted by atomic mass is 10.1. The second-order valence-corrected chi connectivity index (χ2v) is 4.83. The fraction of sp³-hybridized carbons (Fsp3) is 0.538. The van der Waals surface area contributed by atoms with Crippen molar-refractivity contribution in [2.24, 2.45) is 5.73 Å². The van der Waals surface area contributed by atoms with Crippen LogP contribution in [0.25, 0.3) is 0 Å². The molecule has 4 heteroatoms. The van der Waals surface area contributed by atoms with Gasteiger partial charge in [-0.3, -0.25) is 0 Å². The van der Waals surface area contributed by atoms with Crippen LogP contribution in [-0.2, 0) is 6.54 Å². The number of benzene rings is 1. The summed E-state index contributed by atoms with van der Waals surface area (Å²) in [5.41, 5.74) is 8.17. The number of rotatable bonds is 3. The molecule has 0 radical (unpaired) electrons. The van der Waals surface area contributed by atoms with Crippen molar-refractivity contribution in [1.29, 1.82) is 0 Å². The highest BCUT2D eigenvalue weighted by molar-refractivity contribution is 6.30. The lowest BCUT2D eigenvalue weighted by Gasteiger charge is -2.36. The average molecular weight is 254 g/mol. The molecule has 0 aromatic heterocycles. The minimum absolute atomic E-state index is 0.546. The van der Waals surface area contributed by atoms with E-state index in [1.165, 1.54) is 5.69 Å². The van der Waals surface area contributed by atoms with Crippen LogP contribution in [0, 0.1) is 0 Å². The largest absolute Gasteiger partial charge is 0.369 e. The zero-order valence-corrected chi connectivity index (χ0v) is 11.1. The number of anilines is 1. The van der Waals surface area contributed by atoms with E-state index in [9.17, 15) is 0 Å². The Bertz CT molecular complexity index is 373. The van der Waals surface area contributed by atoms with Crippen molar-refractivity contribution in [1.82, 2.24) is 4.90 Å². The van der Waals surface area contributed by atoms with Gasteiger partial charge in [-0.15, -0.1) is 0 Å². The third-order valence-electron chi connectivity index (χ3n) is 3.42. The van der Waals surface area contributed by atoms with E-state index in [0.29, 0.717) is 6.54 Å². The zero-order valence-electron chi connectivity index (χ0n) is 10.3. The second kappa shape index (κ2) is 5.71. The lowest BCUT2D eigenvalue weighted by molar-refractivity contribution is 0.271. The fourth-order valence-corrected chi connectivity index (χ4v) is 2.53. The van der Waals surface area contributed by atoms with Crippen molar-refractivity contribution in [2.75, 3.05) is 37.6 Å². The third kappa shape index (κ3) is 2.92. The van der Waals surface area contributed by atoms with Gasteiger partial charge in [0, 0.05) is 43.4 Å². The van der Waals surface area contributed by atoms with Gasteiger partial charge < -0.3 is 15.5 Å². The van der Waals surface area contributed by atoms with Gasteiger partial charge in [-0.05, 0) is 30.3 Å². The summed E-state index contributed by atoms with van der Waals surface area (Å²) in [5.74, 6) is 0. The normalized spacial score (nSPS) is 17.5.